The first-order valence-electron chi connectivity index (χ1n) is 14.1. The van der Waals surface area contributed by atoms with Gasteiger partial charge in [0, 0.05) is 19.2 Å². The summed E-state index contributed by atoms with van der Waals surface area (Å²) in [7, 11) is -4.21. The average molecular weight is 597 g/mol. The molecule has 2 aromatic carbocycles. The summed E-state index contributed by atoms with van der Waals surface area (Å²) in [4.78, 5) is 25.0. The van der Waals surface area contributed by atoms with Crippen molar-refractivity contribution in [3.63, 3.8) is 0 Å². The lowest BCUT2D eigenvalue weighted by atomic mass is 10.00. The number of sulfone groups is 1. The molecule has 4 N–H and O–H groups in total. The molecule has 0 spiro atoms. The second-order valence-corrected chi connectivity index (χ2v) is 12.8. The predicted molar refractivity (Wildman–Crippen MR) is 154 cm³/mol. The van der Waals surface area contributed by atoms with Gasteiger partial charge in [-0.1, -0.05) is 57.9 Å². The van der Waals surface area contributed by atoms with Crippen LogP contribution in [0.2, 0.25) is 0 Å². The lowest BCUT2D eigenvalue weighted by Crippen LogP contribution is -2.54. The Bertz CT molecular complexity index is 1230. The van der Waals surface area contributed by atoms with Gasteiger partial charge in [-0.3, -0.25) is 9.59 Å². The third kappa shape index (κ3) is 10.8. The van der Waals surface area contributed by atoms with Gasteiger partial charge >= 0.3 is 5.97 Å². The molecule has 1 amide bonds. The van der Waals surface area contributed by atoms with Gasteiger partial charge in [0.1, 0.15) is 11.6 Å². The normalized spacial score (nSPS) is 14.0. The molecule has 0 saturated heterocycles. The summed E-state index contributed by atoms with van der Waals surface area (Å²) in [6.07, 6.45) is 0.00894. The lowest BCUT2D eigenvalue weighted by molar-refractivity contribution is -0.138. The van der Waals surface area contributed by atoms with Crippen LogP contribution in [-0.2, 0) is 38.8 Å². The van der Waals surface area contributed by atoms with Crippen molar-refractivity contribution in [2.75, 3.05) is 6.54 Å². The molecule has 0 aromatic heterocycles. The molecule has 2 aromatic rings. The number of carbonyl (C=O) groups is 2. The second-order valence-electron chi connectivity index (χ2n) is 10.3. The summed E-state index contributed by atoms with van der Waals surface area (Å²) >= 11 is 0. The van der Waals surface area contributed by atoms with Gasteiger partial charge in [0.05, 0.1) is 23.8 Å². The molecule has 11 heteroatoms. The molecular formula is C30H42F2N2O6S. The summed E-state index contributed by atoms with van der Waals surface area (Å²) in [5, 5.41) is 23.3. The van der Waals surface area contributed by atoms with Crippen LogP contribution in [0.1, 0.15) is 69.6 Å². The van der Waals surface area contributed by atoms with Crippen molar-refractivity contribution in [1.82, 2.24) is 10.6 Å². The minimum atomic E-state index is -4.21. The number of halogens is 2. The van der Waals surface area contributed by atoms with Crippen LogP contribution >= 0.6 is 0 Å². The summed E-state index contributed by atoms with van der Waals surface area (Å²) < 4.78 is 54.8. The van der Waals surface area contributed by atoms with Crippen molar-refractivity contribution in [3.8, 4) is 0 Å². The van der Waals surface area contributed by atoms with Gasteiger partial charge in [-0.15, -0.1) is 0 Å². The Kier molecular flexibility index (Phi) is 13.8. The van der Waals surface area contributed by atoms with Crippen molar-refractivity contribution in [1.29, 1.82) is 0 Å². The number of aryl methyl sites for hydroxylation is 1. The molecule has 228 valence electrons. The van der Waals surface area contributed by atoms with Crippen LogP contribution in [0.25, 0.3) is 0 Å². The molecule has 0 aliphatic heterocycles. The summed E-state index contributed by atoms with van der Waals surface area (Å²) in [5.41, 5.74) is 2.24. The minimum Gasteiger partial charge on any atom is -0.481 e. The molecule has 0 radical (unpaired) electrons. The number of rotatable bonds is 18. The largest absolute Gasteiger partial charge is 0.481 e. The van der Waals surface area contributed by atoms with Crippen LogP contribution in [0.3, 0.4) is 0 Å². The SMILES string of the molecule is CCCC(CCC)S(=O)(=O)C(CC(=O)O)C(=O)N[C@@H](Cc1cc(F)cc(F)c1)[C@H](O)CNCc1cccc(CC)c1. The highest BCUT2D eigenvalue weighted by Crippen LogP contribution is 2.23. The van der Waals surface area contributed by atoms with E-state index in [4.69, 9.17) is 0 Å². The topological polar surface area (TPSA) is 133 Å². The zero-order valence-electron chi connectivity index (χ0n) is 23.9. The highest BCUT2D eigenvalue weighted by Gasteiger charge is 2.40. The quantitative estimate of drug-likeness (QED) is 0.205. The van der Waals surface area contributed by atoms with Gasteiger partial charge in [0.2, 0.25) is 5.91 Å². The smallest absolute Gasteiger partial charge is 0.305 e. The van der Waals surface area contributed by atoms with Crippen LogP contribution in [0.15, 0.2) is 42.5 Å². The monoisotopic (exact) mass is 596 g/mol. The first-order valence-corrected chi connectivity index (χ1v) is 15.7. The number of amides is 1. The maximum absolute atomic E-state index is 13.9. The number of aliphatic hydroxyl groups is 1. The van der Waals surface area contributed by atoms with Crippen molar-refractivity contribution in [2.24, 2.45) is 0 Å². The number of carbonyl (C=O) groups excluding carboxylic acids is 1. The third-order valence-corrected chi connectivity index (χ3v) is 9.56. The first kappa shape index (κ1) is 34.3. The highest BCUT2D eigenvalue weighted by molar-refractivity contribution is 7.93. The van der Waals surface area contributed by atoms with E-state index in [-0.39, 0.29) is 31.4 Å². The van der Waals surface area contributed by atoms with E-state index < -0.39 is 62.4 Å². The molecule has 0 saturated carbocycles. The Morgan fingerprint density at radius 3 is 2.10 bits per heavy atom. The third-order valence-electron chi connectivity index (χ3n) is 6.99. The fourth-order valence-electron chi connectivity index (χ4n) is 4.87. The van der Waals surface area contributed by atoms with Crippen LogP contribution < -0.4 is 10.6 Å². The Morgan fingerprint density at radius 1 is 0.927 bits per heavy atom. The molecule has 0 fully saturated rings. The number of benzene rings is 2. The zero-order chi connectivity index (χ0) is 30.6. The Balaban J connectivity index is 2.31. The molecule has 1 unspecified atom stereocenters. The van der Waals surface area contributed by atoms with Gasteiger partial charge in [-0.2, -0.15) is 0 Å². The fourth-order valence-corrected chi connectivity index (χ4v) is 7.21. The number of carboxylic acid groups (broad SMARTS) is 1. The van der Waals surface area contributed by atoms with Crippen molar-refractivity contribution in [2.45, 2.75) is 94.9 Å². The van der Waals surface area contributed by atoms with E-state index in [1.54, 1.807) is 13.8 Å². The number of hydrogen-bond donors (Lipinski definition) is 4. The second kappa shape index (κ2) is 16.5. The number of nitrogens with one attached hydrogen (secondary N) is 2. The van der Waals surface area contributed by atoms with Crippen molar-refractivity contribution >= 4 is 21.7 Å². The molecule has 0 aliphatic carbocycles. The lowest BCUT2D eigenvalue weighted by Gasteiger charge is -2.28. The van der Waals surface area contributed by atoms with E-state index in [2.05, 4.69) is 10.6 Å². The minimum absolute atomic E-state index is 0.0380. The van der Waals surface area contributed by atoms with E-state index in [1.807, 2.05) is 31.2 Å². The van der Waals surface area contributed by atoms with Gasteiger partial charge < -0.3 is 20.8 Å². The number of aliphatic hydroxyl groups excluding tert-OH is 1. The van der Waals surface area contributed by atoms with Gasteiger partial charge in [-0.05, 0) is 54.5 Å². The molecule has 0 aliphatic rings. The predicted octanol–water partition coefficient (Wildman–Crippen LogP) is 3.93. The molecular weight excluding hydrogens is 554 g/mol. The summed E-state index contributed by atoms with van der Waals surface area (Å²) in [6, 6.07) is 9.48. The Morgan fingerprint density at radius 2 is 1.54 bits per heavy atom. The molecule has 2 rings (SSSR count). The summed E-state index contributed by atoms with van der Waals surface area (Å²) in [6.45, 7) is 6.00. The van der Waals surface area contributed by atoms with Crippen LogP contribution in [0, 0.1) is 11.6 Å². The van der Waals surface area contributed by atoms with Crippen LogP contribution in [-0.4, -0.2) is 59.7 Å². The van der Waals surface area contributed by atoms with Gasteiger partial charge in [-0.25, -0.2) is 17.2 Å². The van der Waals surface area contributed by atoms with Crippen LogP contribution in [0.5, 0.6) is 0 Å². The number of hydrogen-bond acceptors (Lipinski definition) is 6. The molecule has 0 bridgehead atoms. The molecule has 0 heterocycles. The standard InChI is InChI=1S/C30H42F2N2O6S/c1-4-8-25(9-5-2)41(39,40)28(17-29(36)37)30(38)34-26(15-22-13-23(31)16-24(32)14-22)27(35)19-33-18-21-11-7-10-20(6-3)12-21/h7,10-14,16,25-28,33,35H,4-6,8-9,15,17-19H2,1-3H3,(H,34,38)(H,36,37)/t26-,27+,28?/m0/s1. The maximum Gasteiger partial charge on any atom is 0.305 e. The molecule has 3 atom stereocenters. The van der Waals surface area contributed by atoms with E-state index >= 15 is 0 Å². The van der Waals surface area contributed by atoms with E-state index in [1.165, 1.54) is 0 Å². The zero-order valence-corrected chi connectivity index (χ0v) is 24.7. The number of carboxylic acids is 1. The van der Waals surface area contributed by atoms with E-state index in [9.17, 15) is 37.0 Å². The Hall–Kier alpha value is -2.89. The van der Waals surface area contributed by atoms with E-state index in [0.717, 1.165) is 29.7 Å². The maximum atomic E-state index is 13.9. The Labute approximate surface area is 241 Å². The summed E-state index contributed by atoms with van der Waals surface area (Å²) in [5.74, 6) is -4.22. The van der Waals surface area contributed by atoms with Gasteiger partial charge in [0.15, 0.2) is 15.1 Å². The first-order chi connectivity index (χ1) is 19.4. The average Bonchev–Trinajstić information content (AvgIpc) is 2.90. The molecule has 41 heavy (non-hydrogen) atoms. The van der Waals surface area contributed by atoms with Crippen LogP contribution in [0.4, 0.5) is 8.78 Å². The van der Waals surface area contributed by atoms with Crippen molar-refractivity contribution in [3.05, 3.63) is 70.8 Å². The fraction of sp³-hybridized carbons (Fsp3) is 0.533. The van der Waals surface area contributed by atoms with E-state index in [0.29, 0.717) is 25.5 Å². The van der Waals surface area contributed by atoms with Gasteiger partial charge in [0.25, 0.3) is 0 Å². The molecule has 8 nitrogen and oxygen atoms in total. The number of aliphatic carboxylic acids is 1. The van der Waals surface area contributed by atoms with Crippen molar-refractivity contribution < 1.29 is 37.0 Å². The highest BCUT2D eigenvalue weighted by atomic mass is 32.2.